The number of nitrogens with zero attached hydrogens (tertiary/aromatic N) is 5. The maximum Gasteiger partial charge on any atom is 0.227 e. The molecule has 6 nitrogen and oxygen atoms in total. The second kappa shape index (κ2) is 7.90. The van der Waals surface area contributed by atoms with Crippen molar-refractivity contribution in [2.45, 2.75) is 52.0 Å². The van der Waals surface area contributed by atoms with E-state index in [9.17, 15) is 4.79 Å². The molecule has 1 amide bonds. The van der Waals surface area contributed by atoms with Gasteiger partial charge in [0.25, 0.3) is 0 Å². The van der Waals surface area contributed by atoms with Crippen LogP contribution in [0.15, 0.2) is 30.6 Å². The van der Waals surface area contributed by atoms with Crippen LogP contribution in [-0.4, -0.2) is 62.7 Å². The lowest BCUT2D eigenvalue weighted by molar-refractivity contribution is -0.130. The molecule has 1 unspecified atom stereocenters. The molecule has 0 radical (unpaired) electrons. The van der Waals surface area contributed by atoms with E-state index in [1.807, 2.05) is 11.6 Å². The first-order chi connectivity index (χ1) is 13.9. The summed E-state index contributed by atoms with van der Waals surface area (Å²) >= 11 is 0. The van der Waals surface area contributed by atoms with Crippen LogP contribution in [0.2, 0.25) is 0 Å². The Morgan fingerprint density at radius 2 is 1.90 bits per heavy atom. The van der Waals surface area contributed by atoms with E-state index >= 15 is 0 Å². The molecule has 2 saturated heterocycles. The Balaban J connectivity index is 1.54. The van der Waals surface area contributed by atoms with Gasteiger partial charge in [-0.05, 0) is 52.3 Å². The van der Waals surface area contributed by atoms with Gasteiger partial charge >= 0.3 is 0 Å². The molecule has 1 spiro atoms. The normalized spacial score (nSPS) is 22.0. The maximum atomic E-state index is 13.2. The molecule has 3 heterocycles. The average Bonchev–Trinajstić information content (AvgIpc) is 3.27. The molecule has 2 aromatic rings. The van der Waals surface area contributed by atoms with Crippen LogP contribution in [0.4, 0.5) is 0 Å². The number of aryl methyl sites for hydroxylation is 2. The first-order valence-corrected chi connectivity index (χ1v) is 10.8. The van der Waals surface area contributed by atoms with Crippen LogP contribution in [0.1, 0.15) is 49.6 Å². The first kappa shape index (κ1) is 20.1. The van der Waals surface area contributed by atoms with Crippen LogP contribution in [0.3, 0.4) is 0 Å². The number of amides is 1. The second-order valence-corrected chi connectivity index (χ2v) is 9.28. The molecule has 1 atom stereocenters. The fraction of sp³-hybridized carbons (Fsp3) is 0.609. The van der Waals surface area contributed by atoms with Crippen LogP contribution >= 0.6 is 0 Å². The van der Waals surface area contributed by atoms with E-state index in [0.717, 1.165) is 50.4 Å². The minimum atomic E-state index is 0.106. The van der Waals surface area contributed by atoms with Gasteiger partial charge in [-0.1, -0.05) is 29.8 Å². The Morgan fingerprint density at radius 3 is 2.48 bits per heavy atom. The van der Waals surface area contributed by atoms with Crippen LogP contribution in [-0.2, 0) is 18.3 Å². The summed E-state index contributed by atoms with van der Waals surface area (Å²) in [5, 5.41) is 8.58. The molecule has 2 fully saturated rings. The maximum absolute atomic E-state index is 13.2. The zero-order chi connectivity index (χ0) is 20.6. The van der Waals surface area contributed by atoms with E-state index in [1.165, 1.54) is 5.56 Å². The van der Waals surface area contributed by atoms with E-state index in [1.54, 1.807) is 6.33 Å². The van der Waals surface area contributed by atoms with Crippen molar-refractivity contribution in [2.24, 2.45) is 12.5 Å². The largest absolute Gasteiger partial charge is 0.341 e. The number of aromatic nitrogens is 3. The van der Waals surface area contributed by atoms with Gasteiger partial charge in [0, 0.05) is 37.5 Å². The molecule has 0 saturated carbocycles. The Labute approximate surface area is 173 Å². The number of hydrogen-bond donors (Lipinski definition) is 0. The number of carbonyl (C=O) groups is 1. The minimum Gasteiger partial charge on any atom is -0.341 e. The zero-order valence-corrected chi connectivity index (χ0v) is 18.1. The first-order valence-electron chi connectivity index (χ1n) is 10.8. The van der Waals surface area contributed by atoms with Gasteiger partial charge in [-0.15, -0.1) is 10.2 Å². The molecule has 156 valence electrons. The van der Waals surface area contributed by atoms with Gasteiger partial charge in [-0.25, -0.2) is 0 Å². The van der Waals surface area contributed by atoms with Crippen LogP contribution < -0.4 is 0 Å². The van der Waals surface area contributed by atoms with Crippen molar-refractivity contribution in [3.63, 3.8) is 0 Å². The summed E-state index contributed by atoms with van der Waals surface area (Å²) in [7, 11) is 2.02. The van der Waals surface area contributed by atoms with Crippen LogP contribution in [0, 0.1) is 12.3 Å². The number of carbonyl (C=O) groups excluding carboxylic acids is 1. The van der Waals surface area contributed by atoms with Gasteiger partial charge in [0.15, 0.2) is 0 Å². The number of benzene rings is 1. The lowest BCUT2D eigenvalue weighted by Gasteiger charge is -2.43. The summed E-state index contributed by atoms with van der Waals surface area (Å²) in [6.07, 6.45) is 4.47. The molecular formula is C23H33N5O. The zero-order valence-electron chi connectivity index (χ0n) is 18.1. The SMILES string of the molecule is Cc1ccc(CC(=O)N2CC(c3nncn3C)C3(CCN(C(C)C)CC3)C2)cc1. The van der Waals surface area contributed by atoms with Crippen molar-refractivity contribution in [2.75, 3.05) is 26.2 Å². The summed E-state index contributed by atoms with van der Waals surface area (Å²) in [4.78, 5) is 17.8. The average molecular weight is 396 g/mol. The van der Waals surface area contributed by atoms with Crippen molar-refractivity contribution in [1.82, 2.24) is 24.6 Å². The van der Waals surface area contributed by atoms with Gasteiger partial charge in [-0.3, -0.25) is 4.79 Å². The predicted octanol–water partition coefficient (Wildman–Crippen LogP) is 2.78. The third-order valence-electron chi connectivity index (χ3n) is 7.06. The number of piperidine rings is 1. The standard InChI is InChI=1S/C23H33N5O/c1-17(2)27-11-9-23(10-12-27)15-28(14-20(23)22-25-24-16-26(22)4)21(29)13-19-7-5-18(3)6-8-19/h5-8,16-17,20H,9-15H2,1-4H3. The lowest BCUT2D eigenvalue weighted by atomic mass is 9.70. The van der Waals surface area contributed by atoms with E-state index in [4.69, 9.17) is 0 Å². The molecular weight excluding hydrogens is 362 g/mol. The number of rotatable bonds is 4. The highest BCUT2D eigenvalue weighted by Crippen LogP contribution is 2.49. The molecule has 29 heavy (non-hydrogen) atoms. The molecule has 1 aromatic carbocycles. The number of likely N-dealkylation sites (tertiary alicyclic amines) is 2. The third-order valence-corrected chi connectivity index (χ3v) is 7.06. The van der Waals surface area contributed by atoms with E-state index < -0.39 is 0 Å². The summed E-state index contributed by atoms with van der Waals surface area (Å²) in [6.45, 7) is 10.4. The Morgan fingerprint density at radius 1 is 1.21 bits per heavy atom. The molecule has 6 heteroatoms. The van der Waals surface area contributed by atoms with Gasteiger partial charge < -0.3 is 14.4 Å². The predicted molar refractivity (Wildman–Crippen MR) is 114 cm³/mol. The molecule has 0 N–H and O–H groups in total. The second-order valence-electron chi connectivity index (χ2n) is 9.28. The van der Waals surface area contributed by atoms with E-state index in [2.05, 4.69) is 65.0 Å². The minimum absolute atomic E-state index is 0.106. The molecule has 0 aliphatic carbocycles. The lowest BCUT2D eigenvalue weighted by Crippen LogP contribution is -2.46. The molecule has 1 aromatic heterocycles. The van der Waals surface area contributed by atoms with Gasteiger partial charge in [-0.2, -0.15) is 0 Å². The Bertz CT molecular complexity index is 848. The van der Waals surface area contributed by atoms with Crippen molar-refractivity contribution >= 4 is 5.91 Å². The third kappa shape index (κ3) is 3.95. The van der Waals surface area contributed by atoms with Crippen molar-refractivity contribution in [1.29, 1.82) is 0 Å². The van der Waals surface area contributed by atoms with Crippen LogP contribution in [0.25, 0.3) is 0 Å². The van der Waals surface area contributed by atoms with E-state index in [0.29, 0.717) is 12.5 Å². The highest BCUT2D eigenvalue weighted by Gasteiger charge is 2.51. The topological polar surface area (TPSA) is 54.3 Å². The quantitative estimate of drug-likeness (QED) is 0.799. The van der Waals surface area contributed by atoms with Gasteiger partial charge in [0.05, 0.1) is 6.42 Å². The van der Waals surface area contributed by atoms with Crippen LogP contribution in [0.5, 0.6) is 0 Å². The van der Waals surface area contributed by atoms with Gasteiger partial charge in [0.1, 0.15) is 12.2 Å². The van der Waals surface area contributed by atoms with Crippen molar-refractivity contribution in [3.8, 4) is 0 Å². The molecule has 2 aliphatic rings. The fourth-order valence-electron chi connectivity index (χ4n) is 5.11. The highest BCUT2D eigenvalue weighted by molar-refractivity contribution is 5.79. The Hall–Kier alpha value is -2.21. The number of hydrogen-bond acceptors (Lipinski definition) is 4. The summed E-state index contributed by atoms with van der Waals surface area (Å²) in [5.41, 5.74) is 2.42. The summed E-state index contributed by atoms with van der Waals surface area (Å²) in [5.74, 6) is 1.50. The monoisotopic (exact) mass is 395 g/mol. The van der Waals surface area contributed by atoms with Crippen molar-refractivity contribution in [3.05, 3.63) is 47.5 Å². The van der Waals surface area contributed by atoms with E-state index in [-0.39, 0.29) is 17.2 Å². The smallest absolute Gasteiger partial charge is 0.227 e. The molecule has 0 bridgehead atoms. The highest BCUT2D eigenvalue weighted by atomic mass is 16.2. The molecule has 4 rings (SSSR count). The fourth-order valence-corrected chi connectivity index (χ4v) is 5.11. The Kier molecular flexibility index (Phi) is 5.47. The summed E-state index contributed by atoms with van der Waals surface area (Å²) < 4.78 is 2.04. The van der Waals surface area contributed by atoms with Gasteiger partial charge in [0.2, 0.25) is 5.91 Å². The summed E-state index contributed by atoms with van der Waals surface area (Å²) in [6, 6.07) is 8.87. The molecule has 2 aliphatic heterocycles. The van der Waals surface area contributed by atoms with Crippen molar-refractivity contribution < 1.29 is 4.79 Å².